The van der Waals surface area contributed by atoms with Gasteiger partial charge in [-0.25, -0.2) is 0 Å². The average Bonchev–Trinajstić information content (AvgIpc) is 3.20. The maximum atomic E-state index is 12.0. The molecule has 0 aromatic heterocycles. The molecule has 1 unspecified atom stereocenters. The Hall–Kier alpha value is -1.26. The minimum atomic E-state index is 0. The zero-order chi connectivity index (χ0) is 15.2. The normalized spacial score (nSPS) is 21.0. The van der Waals surface area contributed by atoms with Gasteiger partial charge in [0.05, 0.1) is 6.10 Å². The lowest BCUT2D eigenvalue weighted by Crippen LogP contribution is -2.31. The molecule has 3 rings (SSSR count). The molecule has 1 aliphatic carbocycles. The van der Waals surface area contributed by atoms with Crippen LogP contribution in [-0.2, 0) is 11.3 Å². The molecule has 4 nitrogen and oxygen atoms in total. The highest BCUT2D eigenvalue weighted by molar-refractivity contribution is 5.85. The lowest BCUT2D eigenvalue weighted by atomic mass is 10.1. The van der Waals surface area contributed by atoms with E-state index in [1.807, 2.05) is 24.3 Å². The minimum absolute atomic E-state index is 0. The number of para-hydroxylation sites is 1. The van der Waals surface area contributed by atoms with Gasteiger partial charge in [0.25, 0.3) is 0 Å². The Morgan fingerprint density at radius 2 is 1.96 bits per heavy atom. The Morgan fingerprint density at radius 3 is 2.70 bits per heavy atom. The van der Waals surface area contributed by atoms with E-state index in [0.29, 0.717) is 25.1 Å². The van der Waals surface area contributed by atoms with E-state index in [-0.39, 0.29) is 18.3 Å². The largest absolute Gasteiger partial charge is 0.490 e. The number of hydrogen-bond donors (Lipinski definition) is 2. The van der Waals surface area contributed by atoms with Gasteiger partial charge in [-0.3, -0.25) is 4.79 Å². The van der Waals surface area contributed by atoms with Crippen LogP contribution in [0, 0.1) is 0 Å². The van der Waals surface area contributed by atoms with Gasteiger partial charge < -0.3 is 15.4 Å². The van der Waals surface area contributed by atoms with Gasteiger partial charge in [-0.15, -0.1) is 12.4 Å². The predicted octanol–water partition coefficient (Wildman–Crippen LogP) is 3.19. The van der Waals surface area contributed by atoms with E-state index >= 15 is 0 Å². The molecule has 1 aromatic rings. The fourth-order valence-electron chi connectivity index (χ4n) is 3.37. The molecule has 0 bridgehead atoms. The molecule has 1 amide bonds. The average molecular weight is 339 g/mol. The number of amides is 1. The molecule has 1 saturated carbocycles. The van der Waals surface area contributed by atoms with Gasteiger partial charge >= 0.3 is 0 Å². The van der Waals surface area contributed by atoms with Crippen molar-refractivity contribution in [3.63, 3.8) is 0 Å². The van der Waals surface area contributed by atoms with Crippen LogP contribution in [0.15, 0.2) is 24.3 Å². The zero-order valence-corrected chi connectivity index (χ0v) is 14.4. The summed E-state index contributed by atoms with van der Waals surface area (Å²) in [4.78, 5) is 12.0. The maximum Gasteiger partial charge on any atom is 0.221 e. The van der Waals surface area contributed by atoms with E-state index in [9.17, 15) is 4.79 Å². The first kappa shape index (κ1) is 18.1. The van der Waals surface area contributed by atoms with E-state index < -0.39 is 0 Å². The number of hydrogen-bond acceptors (Lipinski definition) is 3. The van der Waals surface area contributed by atoms with E-state index in [1.165, 1.54) is 19.3 Å². The van der Waals surface area contributed by atoms with Crippen molar-refractivity contribution in [2.24, 2.45) is 0 Å². The van der Waals surface area contributed by atoms with E-state index in [4.69, 9.17) is 4.74 Å². The van der Waals surface area contributed by atoms with Gasteiger partial charge in [0.15, 0.2) is 0 Å². The van der Waals surface area contributed by atoms with Crippen LogP contribution in [0.2, 0.25) is 0 Å². The molecule has 0 radical (unpaired) electrons. The van der Waals surface area contributed by atoms with Crippen molar-refractivity contribution in [1.82, 2.24) is 10.6 Å². The van der Waals surface area contributed by atoms with E-state index in [0.717, 1.165) is 37.1 Å². The standard InChI is InChI=1S/C18H26N2O2.ClH/c21-18(12-15-7-5-11-19-15)20-13-14-6-1-4-10-17(14)22-16-8-2-3-9-16;/h1,4,6,10,15-16,19H,2-3,5,7-9,11-13H2,(H,20,21);1H. The summed E-state index contributed by atoms with van der Waals surface area (Å²) in [5, 5.41) is 6.39. The highest BCUT2D eigenvalue weighted by Gasteiger charge is 2.19. The van der Waals surface area contributed by atoms with Crippen LogP contribution in [0.1, 0.15) is 50.5 Å². The number of benzene rings is 1. The Labute approximate surface area is 144 Å². The molecule has 1 saturated heterocycles. The molecule has 1 atom stereocenters. The van der Waals surface area contributed by atoms with Crippen LogP contribution in [0.5, 0.6) is 5.75 Å². The highest BCUT2D eigenvalue weighted by atomic mass is 35.5. The molecule has 2 N–H and O–H groups in total. The van der Waals surface area contributed by atoms with E-state index in [2.05, 4.69) is 10.6 Å². The van der Waals surface area contributed by atoms with Gasteiger partial charge in [-0.1, -0.05) is 18.2 Å². The third-order valence-corrected chi connectivity index (χ3v) is 4.64. The first-order valence-corrected chi connectivity index (χ1v) is 8.56. The molecule has 1 aromatic carbocycles. The molecule has 5 heteroatoms. The molecule has 1 heterocycles. The summed E-state index contributed by atoms with van der Waals surface area (Å²) in [7, 11) is 0. The van der Waals surface area contributed by atoms with Gasteiger partial charge in [0.1, 0.15) is 5.75 Å². The quantitative estimate of drug-likeness (QED) is 0.837. The number of ether oxygens (including phenoxy) is 1. The summed E-state index contributed by atoms with van der Waals surface area (Å²) in [5.74, 6) is 1.05. The number of nitrogens with one attached hydrogen (secondary N) is 2. The minimum Gasteiger partial charge on any atom is -0.490 e. The monoisotopic (exact) mass is 338 g/mol. The first-order valence-electron chi connectivity index (χ1n) is 8.56. The van der Waals surface area contributed by atoms with Crippen molar-refractivity contribution < 1.29 is 9.53 Å². The highest BCUT2D eigenvalue weighted by Crippen LogP contribution is 2.26. The van der Waals surface area contributed by atoms with Crippen molar-refractivity contribution in [3.8, 4) is 5.75 Å². The predicted molar refractivity (Wildman–Crippen MR) is 94.1 cm³/mol. The summed E-state index contributed by atoms with van der Waals surface area (Å²) >= 11 is 0. The van der Waals surface area contributed by atoms with Gasteiger partial charge in [0, 0.05) is 24.6 Å². The fraction of sp³-hybridized carbons (Fsp3) is 0.611. The van der Waals surface area contributed by atoms with Crippen LogP contribution < -0.4 is 15.4 Å². The van der Waals surface area contributed by atoms with Gasteiger partial charge in [-0.2, -0.15) is 0 Å². The molecular formula is C18H27ClN2O2. The maximum absolute atomic E-state index is 12.0. The Balaban J connectivity index is 0.00000192. The van der Waals surface area contributed by atoms with Crippen molar-refractivity contribution in [1.29, 1.82) is 0 Å². The smallest absolute Gasteiger partial charge is 0.221 e. The Morgan fingerprint density at radius 1 is 1.17 bits per heavy atom. The molecule has 128 valence electrons. The zero-order valence-electron chi connectivity index (χ0n) is 13.6. The van der Waals surface area contributed by atoms with Crippen molar-refractivity contribution in [2.75, 3.05) is 6.54 Å². The fourth-order valence-corrected chi connectivity index (χ4v) is 3.37. The molecule has 23 heavy (non-hydrogen) atoms. The van der Waals surface area contributed by atoms with Crippen molar-refractivity contribution in [3.05, 3.63) is 29.8 Å². The summed E-state index contributed by atoms with van der Waals surface area (Å²) in [5.41, 5.74) is 1.07. The summed E-state index contributed by atoms with van der Waals surface area (Å²) in [6.07, 6.45) is 8.02. The number of carbonyl (C=O) groups is 1. The van der Waals surface area contributed by atoms with Crippen molar-refractivity contribution in [2.45, 2.75) is 63.6 Å². The van der Waals surface area contributed by atoms with Crippen LogP contribution in [0.4, 0.5) is 0 Å². The molecule has 2 aliphatic rings. The summed E-state index contributed by atoms with van der Waals surface area (Å²) in [6, 6.07) is 8.40. The van der Waals surface area contributed by atoms with Gasteiger partial charge in [-0.05, 0) is 51.1 Å². The number of rotatable bonds is 6. The third-order valence-electron chi connectivity index (χ3n) is 4.64. The second-order valence-electron chi connectivity index (χ2n) is 6.41. The summed E-state index contributed by atoms with van der Waals surface area (Å²) < 4.78 is 6.11. The van der Waals surface area contributed by atoms with Crippen LogP contribution in [0.25, 0.3) is 0 Å². The summed E-state index contributed by atoms with van der Waals surface area (Å²) in [6.45, 7) is 1.59. The second-order valence-corrected chi connectivity index (χ2v) is 6.41. The van der Waals surface area contributed by atoms with Crippen LogP contribution in [0.3, 0.4) is 0 Å². The molecule has 0 spiro atoms. The first-order chi connectivity index (χ1) is 10.8. The van der Waals surface area contributed by atoms with Crippen LogP contribution in [-0.4, -0.2) is 24.6 Å². The van der Waals surface area contributed by atoms with Gasteiger partial charge in [0.2, 0.25) is 5.91 Å². The van der Waals surface area contributed by atoms with E-state index in [1.54, 1.807) is 0 Å². The Kier molecular flexibility index (Phi) is 7.18. The second kappa shape index (κ2) is 9.14. The Bertz CT molecular complexity index is 498. The topological polar surface area (TPSA) is 50.4 Å². The third kappa shape index (κ3) is 5.40. The number of halogens is 1. The van der Waals surface area contributed by atoms with Crippen LogP contribution >= 0.6 is 12.4 Å². The lowest BCUT2D eigenvalue weighted by molar-refractivity contribution is -0.121. The SMILES string of the molecule is Cl.O=C(CC1CCCN1)NCc1ccccc1OC1CCCC1. The molecule has 1 aliphatic heterocycles. The number of carbonyl (C=O) groups excluding carboxylic acids is 1. The lowest BCUT2D eigenvalue weighted by Gasteiger charge is -2.17. The van der Waals surface area contributed by atoms with Crippen molar-refractivity contribution >= 4 is 18.3 Å². The molecule has 2 fully saturated rings. The molecular weight excluding hydrogens is 312 g/mol.